The van der Waals surface area contributed by atoms with Crippen LogP contribution in [0.5, 0.6) is 0 Å². The van der Waals surface area contributed by atoms with Crippen molar-refractivity contribution < 1.29 is 9.90 Å². The topological polar surface area (TPSA) is 49.3 Å². The molecule has 0 aliphatic carbocycles. The second-order valence-electron chi connectivity index (χ2n) is 1.75. The van der Waals surface area contributed by atoms with Crippen molar-refractivity contribution >= 4 is 5.91 Å². The molecule has 0 spiro atoms. The molecule has 2 N–H and O–H groups in total. The van der Waals surface area contributed by atoms with Crippen molar-refractivity contribution in [3.63, 3.8) is 0 Å². The molecule has 10 heavy (non-hydrogen) atoms. The molecule has 0 saturated carbocycles. The van der Waals surface area contributed by atoms with E-state index in [-0.39, 0.29) is 12.5 Å². The number of rotatable bonds is 4. The van der Waals surface area contributed by atoms with Gasteiger partial charge in [0.05, 0.1) is 0 Å². The van der Waals surface area contributed by atoms with Crippen LogP contribution in [0.25, 0.3) is 0 Å². The second kappa shape index (κ2) is 5.31. The summed E-state index contributed by atoms with van der Waals surface area (Å²) in [5, 5.41) is 10.9. The minimum atomic E-state index is -0.0155. The van der Waals surface area contributed by atoms with Crippen molar-refractivity contribution in [2.24, 2.45) is 0 Å². The Morgan fingerprint density at radius 1 is 1.70 bits per heavy atom. The Labute approximate surface area is 54.4 Å². The molecule has 0 fully saturated rings. The molecule has 0 atom stereocenters. The molecular formula is C6H10NO2Rf. The number of amides is 1. The molecule has 4 heteroatoms. The van der Waals surface area contributed by atoms with E-state index in [4.69, 9.17) is 5.11 Å². The van der Waals surface area contributed by atoms with Crippen LogP contribution in [0.15, 0.2) is 12.7 Å². The first-order chi connectivity index (χ1) is 4.81. The first-order valence-corrected chi connectivity index (χ1v) is 6.82. The molecule has 3 nitrogen and oxygen atoms in total. The molecule has 0 rings (SSSR count). The van der Waals surface area contributed by atoms with Gasteiger partial charge in [0.15, 0.2) is 0 Å². The fraction of sp³-hybridized carbons (Fsp3) is 0.500. The van der Waals surface area contributed by atoms with E-state index < -0.39 is 0 Å². The molecule has 0 saturated heterocycles. The van der Waals surface area contributed by atoms with E-state index in [1.165, 1.54) is 0 Å². The van der Waals surface area contributed by atoms with E-state index in [1.807, 2.05) is 12.7 Å². The Hall–Kier alpha value is -1.83. The van der Waals surface area contributed by atoms with Gasteiger partial charge in [-0.2, -0.15) is 0 Å². The second-order valence-corrected chi connectivity index (χ2v) is 3.88. The summed E-state index contributed by atoms with van der Waals surface area (Å²) in [7, 11) is 0. The third-order valence-electron chi connectivity index (χ3n) is 0.904. The van der Waals surface area contributed by atoms with Crippen molar-refractivity contribution in [2.45, 2.75) is 6.42 Å². The normalized spacial score (nSPS) is 10.3. The molecule has 0 aromatic carbocycles. The molecule has 0 bridgehead atoms. The molecule has 0 aromatic rings. The molecule has 0 aromatic heterocycles. The molecule has 53 valence electrons. The Kier molecular flexibility index (Phi) is 4.34. The molecule has 0 aliphatic heterocycles. The summed E-state index contributed by atoms with van der Waals surface area (Å²) in [6.07, 6.45) is 2.32. The van der Waals surface area contributed by atoms with E-state index in [0.29, 0.717) is 13.0 Å². The average molecular weight is 395 g/mol. The molecular weight excluding hydrogens is 385 g/mol. The number of hydrogen-bond donors (Lipinski definition) is 2. The number of nitrogens with one attached hydrogen (secondary N) is 1. The molecule has 0 radical (unpaired) electrons. The van der Waals surface area contributed by atoms with Gasteiger partial charge in [0.25, 0.3) is 0 Å². The SMILES string of the molecule is O=C(CC=[CH][Rf])NCCO. The van der Waals surface area contributed by atoms with Crippen LogP contribution in [-0.2, 0) is 4.79 Å². The van der Waals surface area contributed by atoms with Gasteiger partial charge in [-0.25, -0.2) is 0 Å². The van der Waals surface area contributed by atoms with E-state index in [2.05, 4.69) is 5.32 Å². The van der Waals surface area contributed by atoms with Crippen LogP contribution in [0.2, 0.25) is 0 Å². The number of hydrogen-bond acceptors (Lipinski definition) is 2. The summed E-state index contributed by atoms with van der Waals surface area (Å²) in [5.74, 6) is -0.0155. The fourth-order valence-electron chi connectivity index (χ4n) is 0.458. The van der Waals surface area contributed by atoms with Crippen LogP contribution in [0.1, 0.15) is 6.42 Å². The number of aliphatic hydroxyl groups excluding tert-OH is 1. The van der Waals surface area contributed by atoms with Gasteiger partial charge in [0.1, 0.15) is 0 Å². The monoisotopic (exact) mass is 395 g/mol. The summed E-state index contributed by atoms with van der Waals surface area (Å²) >= 11 is 0. The van der Waals surface area contributed by atoms with E-state index in [0.717, 1.165) is 0 Å². The zero-order valence-electron chi connectivity index (χ0n) is 5.84. The van der Waals surface area contributed by atoms with Crippen LogP contribution in [0, 0.1) is 0 Å². The van der Waals surface area contributed by atoms with Crippen molar-refractivity contribution in [1.82, 2.24) is 5.32 Å². The van der Waals surface area contributed by atoms with Crippen molar-refractivity contribution in [1.29, 1.82) is 0 Å². The maximum atomic E-state index is 10.7. The summed E-state index contributed by atoms with van der Waals surface area (Å²) in [5.41, 5.74) is 0. The van der Waals surface area contributed by atoms with E-state index in [1.54, 1.807) is 0 Å². The fourth-order valence-corrected chi connectivity index (χ4v) is 1.21. The molecule has 0 heterocycles. The van der Waals surface area contributed by atoms with Crippen LogP contribution in [0.3, 0.4) is 0 Å². The van der Waals surface area contributed by atoms with Gasteiger partial charge in [-0.3, -0.25) is 0 Å². The average Bonchev–Trinajstić information content (AvgIpc) is 1.97. The Morgan fingerprint density at radius 3 is 2.90 bits per heavy atom. The molecule has 0 unspecified atom stereocenters. The summed E-state index contributed by atoms with van der Waals surface area (Å²) in [6, 6.07) is 0. The quantitative estimate of drug-likeness (QED) is 0.678. The van der Waals surface area contributed by atoms with Gasteiger partial charge in [0, 0.05) is 0 Å². The Morgan fingerprint density at radius 2 is 2.40 bits per heavy atom. The number of aliphatic hydroxyl groups is 1. The van der Waals surface area contributed by atoms with Crippen molar-refractivity contribution in [3.8, 4) is 0 Å². The predicted molar refractivity (Wildman–Crippen MR) is 33.9 cm³/mol. The summed E-state index contributed by atoms with van der Waals surface area (Å²) < 4.78 is 0.549. The zero-order valence-corrected chi connectivity index (χ0v) is 12.2. The summed E-state index contributed by atoms with van der Waals surface area (Å²) in [6.45, 7) is 2.40. The Bertz CT molecular complexity index is 125. The van der Waals surface area contributed by atoms with Gasteiger partial charge in [-0.05, 0) is 0 Å². The summed E-state index contributed by atoms with van der Waals surface area (Å²) in [4.78, 5) is 10.7. The van der Waals surface area contributed by atoms with E-state index in [9.17, 15) is 4.79 Å². The van der Waals surface area contributed by atoms with Crippen LogP contribution in [0.4, 0.5) is 0 Å². The van der Waals surface area contributed by atoms with Crippen molar-refractivity contribution in [2.75, 3.05) is 13.2 Å². The predicted octanol–water partition coefficient (Wildman–Crippen LogP) is -0.452. The first kappa shape index (κ1) is 8.17. The van der Waals surface area contributed by atoms with Gasteiger partial charge < -0.3 is 0 Å². The minimum absolute atomic E-state index is 0.0146. The third-order valence-corrected chi connectivity index (χ3v) is 2.41. The van der Waals surface area contributed by atoms with Crippen LogP contribution < -0.4 is 5.32 Å². The maximum absolute atomic E-state index is 10.7. The molecule has 0 aliphatic rings. The van der Waals surface area contributed by atoms with Gasteiger partial charge in [0.2, 0.25) is 0 Å². The van der Waals surface area contributed by atoms with Crippen LogP contribution in [-0.4, -0.2) is 24.2 Å². The Balaban J connectivity index is 3.25. The zero-order chi connectivity index (χ0) is 7.82. The standard InChI is InChI=1S/C6H10NO2.Rf/c1-2-3-6(9)7-4-5-8;/h1-2,8H,3-5H2,(H,7,9);. The van der Waals surface area contributed by atoms with Gasteiger partial charge in [-0.15, -0.1) is 0 Å². The third kappa shape index (κ3) is 4.33. The molecule has 1 amide bonds. The van der Waals surface area contributed by atoms with Gasteiger partial charge >= 0.3 is 53.4 Å². The van der Waals surface area contributed by atoms with Crippen molar-refractivity contribution in [3.05, 3.63) is 12.7 Å². The first-order valence-electron chi connectivity index (χ1n) is 3.13. The van der Waals surface area contributed by atoms with E-state index >= 15 is 0 Å². The van der Waals surface area contributed by atoms with Gasteiger partial charge in [-0.1, -0.05) is 0 Å². The van der Waals surface area contributed by atoms with Crippen LogP contribution >= 0.6 is 0 Å². The number of carbonyl (C=O) groups excluding carboxylic acids is 1. The number of carbonyl (C=O) groups is 1.